The zero-order valence-electron chi connectivity index (χ0n) is 23.2. The number of hydrogen-bond acceptors (Lipinski definition) is 6. The number of esters is 1. The molecule has 5 aliphatic rings. The molecule has 6 heteroatoms. The van der Waals surface area contributed by atoms with E-state index in [9.17, 15) is 14.4 Å². The van der Waals surface area contributed by atoms with E-state index in [0.717, 1.165) is 56.2 Å². The average Bonchev–Trinajstić information content (AvgIpc) is 3.51. The van der Waals surface area contributed by atoms with Crippen LogP contribution in [0, 0.1) is 11.3 Å². The number of ketones is 2. The lowest BCUT2D eigenvalue weighted by Gasteiger charge is -2.56. The number of nitrogens with zero attached hydrogens (tertiary/aromatic N) is 1. The van der Waals surface area contributed by atoms with Crippen molar-refractivity contribution in [2.24, 2.45) is 11.3 Å². The molecule has 3 atom stereocenters. The molecule has 0 spiro atoms. The smallest absolute Gasteiger partial charge is 0.303 e. The average molecular weight is 528 g/mol. The van der Waals surface area contributed by atoms with Gasteiger partial charge in [0.15, 0.2) is 18.0 Å². The van der Waals surface area contributed by atoms with Gasteiger partial charge in [-0.05, 0) is 80.1 Å². The van der Waals surface area contributed by atoms with E-state index in [4.69, 9.17) is 9.57 Å². The minimum absolute atomic E-state index is 0.0324. The van der Waals surface area contributed by atoms with Gasteiger partial charge in [-0.1, -0.05) is 55.8 Å². The Labute approximate surface area is 230 Å². The fourth-order valence-electron chi connectivity index (χ4n) is 7.49. The SMILES string of the molecule is CC(=O)OCC(=O)[C@]12ON(CCCc3ccccc3)C3=C(CC4=C3CCC4)C1=CC(=O)C1=C[C@@H](C)CC[C@@]12C. The van der Waals surface area contributed by atoms with Crippen LogP contribution >= 0.6 is 0 Å². The number of rotatable bonds is 7. The highest BCUT2D eigenvalue weighted by Gasteiger charge is 2.66. The maximum absolute atomic E-state index is 14.3. The number of fused-ring (bicyclic) bond motifs is 5. The zero-order valence-corrected chi connectivity index (χ0v) is 23.2. The van der Waals surface area contributed by atoms with E-state index >= 15 is 0 Å². The van der Waals surface area contributed by atoms with Gasteiger partial charge in [0.1, 0.15) is 0 Å². The highest BCUT2D eigenvalue weighted by molar-refractivity contribution is 6.12. The molecule has 0 bridgehead atoms. The van der Waals surface area contributed by atoms with Crippen molar-refractivity contribution in [3.8, 4) is 0 Å². The molecule has 6 nitrogen and oxygen atoms in total. The minimum atomic E-state index is -1.42. The first-order valence-electron chi connectivity index (χ1n) is 14.4. The summed E-state index contributed by atoms with van der Waals surface area (Å²) in [6.07, 6.45) is 10.8. The van der Waals surface area contributed by atoms with E-state index in [0.29, 0.717) is 24.1 Å². The van der Waals surface area contributed by atoms with Gasteiger partial charge in [0.2, 0.25) is 5.78 Å². The summed E-state index contributed by atoms with van der Waals surface area (Å²) in [5, 5.41) is 1.98. The quantitative estimate of drug-likeness (QED) is 0.421. The summed E-state index contributed by atoms with van der Waals surface area (Å²) in [7, 11) is 0. The number of hydroxylamine groups is 2. The molecular weight excluding hydrogens is 490 g/mol. The van der Waals surface area contributed by atoms with Crippen molar-refractivity contribution < 1.29 is 24.0 Å². The molecule has 39 heavy (non-hydrogen) atoms. The Kier molecular flexibility index (Phi) is 6.49. The second kappa shape index (κ2) is 9.74. The third kappa shape index (κ3) is 4.07. The predicted octanol–water partition coefficient (Wildman–Crippen LogP) is 5.75. The van der Waals surface area contributed by atoms with Crippen LogP contribution in [0.25, 0.3) is 0 Å². The number of hydrogen-bond donors (Lipinski definition) is 0. The van der Waals surface area contributed by atoms with Gasteiger partial charge in [0.05, 0.1) is 5.70 Å². The van der Waals surface area contributed by atoms with Gasteiger partial charge in [-0.2, -0.15) is 0 Å². The van der Waals surface area contributed by atoms with Crippen LogP contribution in [0.2, 0.25) is 0 Å². The maximum Gasteiger partial charge on any atom is 0.303 e. The molecular formula is C33H37NO5. The lowest BCUT2D eigenvalue weighted by molar-refractivity contribution is -0.247. The van der Waals surface area contributed by atoms with Crippen molar-refractivity contribution in [2.45, 2.75) is 77.7 Å². The number of Topliss-reactive ketones (excluding diaryl/α,β-unsaturated/α-hetero) is 1. The molecule has 1 aromatic carbocycles. The summed E-state index contributed by atoms with van der Waals surface area (Å²) in [5.41, 5.74) is 5.14. The van der Waals surface area contributed by atoms with Crippen LogP contribution in [0.4, 0.5) is 0 Å². The number of carbonyl (C=O) groups is 3. The first kappa shape index (κ1) is 26.0. The highest BCUT2D eigenvalue weighted by Crippen LogP contribution is 2.62. The van der Waals surface area contributed by atoms with E-state index < -0.39 is 17.0 Å². The van der Waals surface area contributed by atoms with Crippen LogP contribution < -0.4 is 0 Å². The number of aryl methyl sites for hydroxylation is 1. The Hall–Kier alpha value is -3.25. The molecule has 6 rings (SSSR count). The third-order valence-corrected chi connectivity index (χ3v) is 9.43. The van der Waals surface area contributed by atoms with Gasteiger partial charge in [0, 0.05) is 30.0 Å². The summed E-state index contributed by atoms with van der Waals surface area (Å²) in [6, 6.07) is 10.4. The summed E-state index contributed by atoms with van der Waals surface area (Å²) in [4.78, 5) is 46.8. The van der Waals surface area contributed by atoms with Gasteiger partial charge >= 0.3 is 5.97 Å². The molecule has 0 radical (unpaired) electrons. The largest absolute Gasteiger partial charge is 0.458 e. The first-order valence-corrected chi connectivity index (χ1v) is 14.4. The standard InChI is InChI=1S/C33H37NO5/c1-21-14-15-32(3)28(17-21)29(36)19-27-26-18-24-12-7-13-25(24)31(26)34(16-8-11-23-9-5-4-6-10-23)39-33(27,32)30(37)20-38-22(2)35/h4-6,9-10,17,19,21H,7-8,11-16,18,20H2,1-3H3/t21-,32-,33+/m0/s1. The summed E-state index contributed by atoms with van der Waals surface area (Å²) >= 11 is 0. The van der Waals surface area contributed by atoms with E-state index in [-0.39, 0.29) is 24.1 Å². The molecule has 0 N–H and O–H groups in total. The lowest BCUT2D eigenvalue weighted by Crippen LogP contribution is -2.65. The van der Waals surface area contributed by atoms with E-state index in [1.54, 1.807) is 6.08 Å². The molecule has 1 aliphatic heterocycles. The number of carbonyl (C=O) groups excluding carboxylic acids is 3. The molecule has 204 valence electrons. The zero-order chi connectivity index (χ0) is 27.4. The van der Waals surface area contributed by atoms with E-state index in [1.165, 1.54) is 23.6 Å². The number of allylic oxidation sites excluding steroid dienone is 4. The second-order valence-corrected chi connectivity index (χ2v) is 12.0. The molecule has 4 aliphatic carbocycles. The fourth-order valence-corrected chi connectivity index (χ4v) is 7.49. The van der Waals surface area contributed by atoms with Crippen LogP contribution in [0.1, 0.15) is 71.3 Å². The van der Waals surface area contributed by atoms with Gasteiger partial charge in [-0.3, -0.25) is 24.3 Å². The number of benzene rings is 1. The normalized spacial score (nSPS) is 29.4. The van der Waals surface area contributed by atoms with Crippen molar-refractivity contribution in [1.29, 1.82) is 0 Å². The second-order valence-electron chi connectivity index (χ2n) is 12.0. The molecule has 0 unspecified atom stereocenters. The van der Waals surface area contributed by atoms with Crippen LogP contribution in [-0.2, 0) is 30.4 Å². The Morgan fingerprint density at radius 3 is 2.69 bits per heavy atom. The van der Waals surface area contributed by atoms with E-state index in [2.05, 4.69) is 31.2 Å². The molecule has 0 saturated carbocycles. The van der Waals surface area contributed by atoms with Crippen molar-refractivity contribution in [1.82, 2.24) is 5.06 Å². The molecule has 0 amide bonds. The Morgan fingerprint density at radius 1 is 1.13 bits per heavy atom. The van der Waals surface area contributed by atoms with Gasteiger partial charge in [0.25, 0.3) is 0 Å². The Bertz CT molecular complexity index is 1370. The van der Waals surface area contributed by atoms with Crippen molar-refractivity contribution in [3.05, 3.63) is 81.6 Å². The summed E-state index contributed by atoms with van der Waals surface area (Å²) in [5.74, 6) is -0.599. The highest BCUT2D eigenvalue weighted by atomic mass is 16.7. The Morgan fingerprint density at radius 2 is 1.92 bits per heavy atom. The fraction of sp³-hybridized carbons (Fsp3) is 0.485. The third-order valence-electron chi connectivity index (χ3n) is 9.43. The monoisotopic (exact) mass is 527 g/mol. The van der Waals surface area contributed by atoms with Crippen molar-refractivity contribution in [3.63, 3.8) is 0 Å². The van der Waals surface area contributed by atoms with Crippen LogP contribution in [-0.4, -0.2) is 41.4 Å². The van der Waals surface area contributed by atoms with Crippen molar-refractivity contribution in [2.75, 3.05) is 13.2 Å². The topological polar surface area (TPSA) is 72.9 Å². The Balaban J connectivity index is 1.47. The lowest BCUT2D eigenvalue weighted by atomic mass is 9.53. The van der Waals surface area contributed by atoms with Crippen LogP contribution in [0.15, 0.2) is 76.0 Å². The maximum atomic E-state index is 14.3. The molecule has 1 aromatic rings. The summed E-state index contributed by atoms with van der Waals surface area (Å²) < 4.78 is 5.29. The van der Waals surface area contributed by atoms with Crippen molar-refractivity contribution >= 4 is 17.5 Å². The number of ether oxygens (including phenoxy) is 1. The van der Waals surface area contributed by atoms with Gasteiger partial charge < -0.3 is 4.74 Å². The minimum Gasteiger partial charge on any atom is -0.458 e. The van der Waals surface area contributed by atoms with Gasteiger partial charge in [-0.15, -0.1) is 0 Å². The molecule has 0 saturated heterocycles. The molecule has 0 aromatic heterocycles. The van der Waals surface area contributed by atoms with E-state index in [1.807, 2.05) is 24.1 Å². The van der Waals surface area contributed by atoms with Crippen LogP contribution in [0.3, 0.4) is 0 Å². The molecule has 0 fully saturated rings. The first-order chi connectivity index (χ1) is 18.7. The summed E-state index contributed by atoms with van der Waals surface area (Å²) in [6.45, 7) is 5.67. The predicted molar refractivity (Wildman–Crippen MR) is 147 cm³/mol. The van der Waals surface area contributed by atoms with Gasteiger partial charge in [-0.25, -0.2) is 0 Å². The van der Waals surface area contributed by atoms with Crippen LogP contribution in [0.5, 0.6) is 0 Å². The molecule has 1 heterocycles.